The lowest BCUT2D eigenvalue weighted by Gasteiger charge is -2.13. The highest BCUT2D eigenvalue weighted by atomic mass is 16.3. The fourth-order valence-corrected chi connectivity index (χ4v) is 1.34. The van der Waals surface area contributed by atoms with E-state index < -0.39 is 6.10 Å². The van der Waals surface area contributed by atoms with Crippen molar-refractivity contribution in [3.05, 3.63) is 12.7 Å². The summed E-state index contributed by atoms with van der Waals surface area (Å²) in [6.07, 6.45) is 6.59. The molecule has 0 aliphatic heterocycles. The van der Waals surface area contributed by atoms with Crippen molar-refractivity contribution in [3.8, 4) is 0 Å². The van der Waals surface area contributed by atoms with Gasteiger partial charge in [-0.3, -0.25) is 0 Å². The van der Waals surface area contributed by atoms with Gasteiger partial charge in [-0.15, -0.1) is 6.58 Å². The van der Waals surface area contributed by atoms with Crippen LogP contribution < -0.4 is 0 Å². The highest BCUT2D eigenvalue weighted by molar-refractivity contribution is 4.79. The lowest BCUT2D eigenvalue weighted by atomic mass is 9.95. The Labute approximate surface area is 81.3 Å². The average molecular weight is 186 g/mol. The molecule has 0 fully saturated rings. The molecule has 0 rings (SSSR count). The van der Waals surface area contributed by atoms with Gasteiger partial charge in [-0.25, -0.2) is 0 Å². The molecule has 0 radical (unpaired) electrons. The van der Waals surface area contributed by atoms with Gasteiger partial charge in [0.15, 0.2) is 0 Å². The van der Waals surface area contributed by atoms with Crippen LogP contribution in [0.4, 0.5) is 0 Å². The Hall–Kier alpha value is -0.340. The molecule has 0 aromatic carbocycles. The number of rotatable bonds is 8. The van der Waals surface area contributed by atoms with Gasteiger partial charge >= 0.3 is 0 Å². The molecule has 0 heterocycles. The maximum Gasteiger partial charge on any atom is 0.0771 e. The summed E-state index contributed by atoms with van der Waals surface area (Å²) in [6, 6.07) is 0. The molecule has 78 valence electrons. The van der Waals surface area contributed by atoms with Crippen LogP contribution in [0.3, 0.4) is 0 Å². The molecule has 0 saturated heterocycles. The topological polar surface area (TPSA) is 40.5 Å². The Bertz CT molecular complexity index is 123. The molecule has 13 heavy (non-hydrogen) atoms. The summed E-state index contributed by atoms with van der Waals surface area (Å²) in [6.45, 7) is 5.82. The number of aliphatic hydroxyl groups excluding tert-OH is 2. The lowest BCUT2D eigenvalue weighted by Crippen LogP contribution is -2.13. The van der Waals surface area contributed by atoms with Gasteiger partial charge in [-0.1, -0.05) is 25.8 Å². The molecule has 0 aromatic heterocycles. The minimum atomic E-state index is -0.552. The van der Waals surface area contributed by atoms with Crippen LogP contribution in [0.25, 0.3) is 0 Å². The molecule has 0 aliphatic rings. The highest BCUT2D eigenvalue weighted by Crippen LogP contribution is 2.16. The van der Waals surface area contributed by atoms with E-state index in [1.54, 1.807) is 0 Å². The summed E-state index contributed by atoms with van der Waals surface area (Å²) in [5, 5.41) is 17.8. The second-order valence-corrected chi connectivity index (χ2v) is 3.55. The SMILES string of the molecule is C=CC(CCCC)CCC(O)CO. The standard InChI is InChI=1S/C11H22O2/c1-3-5-6-10(4-2)7-8-11(13)9-12/h4,10-13H,2-3,5-9H2,1H3. The van der Waals surface area contributed by atoms with E-state index in [0.29, 0.717) is 12.3 Å². The first-order chi connectivity index (χ1) is 6.24. The van der Waals surface area contributed by atoms with E-state index in [4.69, 9.17) is 10.2 Å². The molecule has 0 aromatic rings. The van der Waals surface area contributed by atoms with Crippen LogP contribution in [0.1, 0.15) is 39.0 Å². The summed E-state index contributed by atoms with van der Waals surface area (Å²) in [5.41, 5.74) is 0. The van der Waals surface area contributed by atoms with Crippen LogP contribution in [0.15, 0.2) is 12.7 Å². The van der Waals surface area contributed by atoms with Crippen LogP contribution >= 0.6 is 0 Å². The van der Waals surface area contributed by atoms with Gasteiger partial charge in [0.1, 0.15) is 0 Å². The van der Waals surface area contributed by atoms with Crippen molar-refractivity contribution in [2.45, 2.75) is 45.1 Å². The Balaban J connectivity index is 3.52. The van der Waals surface area contributed by atoms with Crippen LogP contribution in [0, 0.1) is 5.92 Å². The van der Waals surface area contributed by atoms with E-state index in [1.165, 1.54) is 12.8 Å². The average Bonchev–Trinajstić information content (AvgIpc) is 2.17. The molecule has 2 unspecified atom stereocenters. The van der Waals surface area contributed by atoms with Crippen molar-refractivity contribution in [1.82, 2.24) is 0 Å². The first-order valence-corrected chi connectivity index (χ1v) is 5.16. The van der Waals surface area contributed by atoms with Crippen LogP contribution in [0.5, 0.6) is 0 Å². The molecule has 0 amide bonds. The minimum Gasteiger partial charge on any atom is -0.394 e. The van der Waals surface area contributed by atoms with Crippen molar-refractivity contribution in [3.63, 3.8) is 0 Å². The van der Waals surface area contributed by atoms with Gasteiger partial charge < -0.3 is 10.2 Å². The van der Waals surface area contributed by atoms with Gasteiger partial charge in [0, 0.05) is 0 Å². The molecule has 2 nitrogen and oxygen atoms in total. The summed E-state index contributed by atoms with van der Waals surface area (Å²) in [5.74, 6) is 0.501. The number of allylic oxidation sites excluding steroid dienone is 1. The van der Waals surface area contributed by atoms with E-state index in [1.807, 2.05) is 6.08 Å². The Morgan fingerprint density at radius 1 is 1.31 bits per heavy atom. The Kier molecular flexibility index (Phi) is 8.05. The number of hydrogen-bond donors (Lipinski definition) is 2. The van der Waals surface area contributed by atoms with Crippen LogP contribution in [-0.4, -0.2) is 22.9 Å². The van der Waals surface area contributed by atoms with Crippen molar-refractivity contribution in [2.24, 2.45) is 5.92 Å². The van der Waals surface area contributed by atoms with Crippen molar-refractivity contribution in [1.29, 1.82) is 0 Å². The van der Waals surface area contributed by atoms with Gasteiger partial charge in [0.2, 0.25) is 0 Å². The third-order valence-electron chi connectivity index (χ3n) is 2.34. The number of unbranched alkanes of at least 4 members (excludes halogenated alkanes) is 1. The van der Waals surface area contributed by atoms with Gasteiger partial charge in [-0.2, -0.15) is 0 Å². The molecule has 0 spiro atoms. The molecule has 0 saturated carbocycles. The summed E-state index contributed by atoms with van der Waals surface area (Å²) < 4.78 is 0. The molecular weight excluding hydrogens is 164 g/mol. The first kappa shape index (κ1) is 12.7. The second kappa shape index (κ2) is 8.27. The smallest absolute Gasteiger partial charge is 0.0771 e. The van der Waals surface area contributed by atoms with Crippen molar-refractivity contribution in [2.75, 3.05) is 6.61 Å². The largest absolute Gasteiger partial charge is 0.394 e. The zero-order valence-corrected chi connectivity index (χ0v) is 8.58. The van der Waals surface area contributed by atoms with Gasteiger partial charge in [0.05, 0.1) is 12.7 Å². The number of aliphatic hydroxyl groups is 2. The third-order valence-corrected chi connectivity index (χ3v) is 2.34. The maximum absolute atomic E-state index is 9.14. The predicted octanol–water partition coefficient (Wildman–Crippen LogP) is 2.11. The minimum absolute atomic E-state index is 0.127. The Morgan fingerprint density at radius 2 is 2.00 bits per heavy atom. The van der Waals surface area contributed by atoms with E-state index in [2.05, 4.69) is 13.5 Å². The lowest BCUT2D eigenvalue weighted by molar-refractivity contribution is 0.0837. The normalized spacial score (nSPS) is 15.3. The van der Waals surface area contributed by atoms with E-state index >= 15 is 0 Å². The second-order valence-electron chi connectivity index (χ2n) is 3.55. The zero-order chi connectivity index (χ0) is 10.1. The maximum atomic E-state index is 9.14. The molecule has 0 aliphatic carbocycles. The summed E-state index contributed by atoms with van der Waals surface area (Å²) >= 11 is 0. The van der Waals surface area contributed by atoms with Crippen molar-refractivity contribution < 1.29 is 10.2 Å². The first-order valence-electron chi connectivity index (χ1n) is 5.16. The fourth-order valence-electron chi connectivity index (χ4n) is 1.34. The van der Waals surface area contributed by atoms with Crippen LogP contribution in [-0.2, 0) is 0 Å². The summed E-state index contributed by atoms with van der Waals surface area (Å²) in [7, 11) is 0. The molecule has 2 atom stereocenters. The highest BCUT2D eigenvalue weighted by Gasteiger charge is 2.07. The van der Waals surface area contributed by atoms with Gasteiger partial charge in [0.25, 0.3) is 0 Å². The summed E-state index contributed by atoms with van der Waals surface area (Å²) in [4.78, 5) is 0. The van der Waals surface area contributed by atoms with E-state index in [-0.39, 0.29) is 6.61 Å². The molecule has 0 bridgehead atoms. The quantitative estimate of drug-likeness (QED) is 0.570. The molecule has 2 heteroatoms. The van der Waals surface area contributed by atoms with Crippen molar-refractivity contribution >= 4 is 0 Å². The fraction of sp³-hybridized carbons (Fsp3) is 0.818. The van der Waals surface area contributed by atoms with E-state index in [9.17, 15) is 0 Å². The predicted molar refractivity (Wildman–Crippen MR) is 55.5 cm³/mol. The van der Waals surface area contributed by atoms with E-state index in [0.717, 1.165) is 12.8 Å². The zero-order valence-electron chi connectivity index (χ0n) is 8.58. The monoisotopic (exact) mass is 186 g/mol. The van der Waals surface area contributed by atoms with Crippen LogP contribution in [0.2, 0.25) is 0 Å². The van der Waals surface area contributed by atoms with Gasteiger partial charge in [-0.05, 0) is 25.2 Å². The Morgan fingerprint density at radius 3 is 2.46 bits per heavy atom. The molecule has 2 N–H and O–H groups in total. The molecular formula is C11H22O2. The number of hydrogen-bond acceptors (Lipinski definition) is 2. The third kappa shape index (κ3) is 6.79.